The molecule has 1 rings (SSSR count). The third kappa shape index (κ3) is 3.66. The molecule has 0 aromatic carbocycles. The fourth-order valence-electron chi connectivity index (χ4n) is 0.953. The molecule has 0 fully saturated rings. The summed E-state index contributed by atoms with van der Waals surface area (Å²) in [4.78, 5) is 14.1. The van der Waals surface area contributed by atoms with E-state index in [0.717, 1.165) is 11.1 Å². The summed E-state index contributed by atoms with van der Waals surface area (Å²) in [6.45, 7) is 1.95. The maximum absolute atomic E-state index is 10.1. The molecule has 0 spiro atoms. The second-order valence-electron chi connectivity index (χ2n) is 2.76. The van der Waals surface area contributed by atoms with Gasteiger partial charge in [0.2, 0.25) is 0 Å². The van der Waals surface area contributed by atoms with Crippen molar-refractivity contribution in [1.29, 1.82) is 0 Å². The largest absolute Gasteiger partial charge is 0.480 e. The van der Waals surface area contributed by atoms with Crippen LogP contribution >= 0.6 is 0 Å². The highest BCUT2D eigenvalue weighted by Gasteiger charge is 1.97. The molecular weight excluding hydrogens is 170 g/mol. The molecular formula is C9H11NO3. The van der Waals surface area contributed by atoms with Gasteiger partial charge in [0.1, 0.15) is 6.61 Å². The monoisotopic (exact) mass is 181 g/mol. The van der Waals surface area contributed by atoms with Gasteiger partial charge in [0, 0.05) is 12.4 Å². The fourth-order valence-corrected chi connectivity index (χ4v) is 0.953. The average Bonchev–Trinajstić information content (AvgIpc) is 2.03. The minimum Gasteiger partial charge on any atom is -0.480 e. The summed E-state index contributed by atoms with van der Waals surface area (Å²) in [5.74, 6) is -0.958. The molecule has 4 heteroatoms. The van der Waals surface area contributed by atoms with Crippen LogP contribution in [0.15, 0.2) is 18.5 Å². The molecule has 0 saturated carbocycles. The highest BCUT2D eigenvalue weighted by molar-refractivity contribution is 5.67. The van der Waals surface area contributed by atoms with Crippen LogP contribution in [0.3, 0.4) is 0 Å². The Kier molecular flexibility index (Phi) is 3.40. The predicted octanol–water partition coefficient (Wildman–Crippen LogP) is 0.991. The summed E-state index contributed by atoms with van der Waals surface area (Å²) in [6.07, 6.45) is 3.40. The van der Waals surface area contributed by atoms with Crippen LogP contribution in [0.2, 0.25) is 0 Å². The van der Waals surface area contributed by atoms with E-state index in [2.05, 4.69) is 4.98 Å². The molecule has 0 bridgehead atoms. The van der Waals surface area contributed by atoms with E-state index in [-0.39, 0.29) is 6.61 Å². The molecule has 1 N–H and O–H groups in total. The first-order valence-electron chi connectivity index (χ1n) is 3.88. The van der Waals surface area contributed by atoms with E-state index < -0.39 is 5.97 Å². The average molecular weight is 181 g/mol. The third-order valence-corrected chi connectivity index (χ3v) is 1.43. The van der Waals surface area contributed by atoms with Gasteiger partial charge in [0.15, 0.2) is 0 Å². The quantitative estimate of drug-likeness (QED) is 0.752. The molecule has 70 valence electrons. The lowest BCUT2D eigenvalue weighted by molar-refractivity contribution is -0.142. The number of rotatable bonds is 4. The van der Waals surface area contributed by atoms with Gasteiger partial charge in [0.25, 0.3) is 0 Å². The van der Waals surface area contributed by atoms with Gasteiger partial charge in [-0.1, -0.05) is 6.07 Å². The SMILES string of the molecule is Cc1cncc(COCC(=O)O)c1. The van der Waals surface area contributed by atoms with Crippen molar-refractivity contribution < 1.29 is 14.6 Å². The standard InChI is InChI=1S/C9H11NO3/c1-7-2-8(4-10-3-7)5-13-6-9(11)12/h2-4H,5-6H2,1H3,(H,11,12). The number of ether oxygens (including phenoxy) is 1. The molecule has 0 unspecified atom stereocenters. The number of nitrogens with zero attached hydrogens (tertiary/aromatic N) is 1. The van der Waals surface area contributed by atoms with Crippen molar-refractivity contribution in [3.05, 3.63) is 29.6 Å². The van der Waals surface area contributed by atoms with Gasteiger partial charge in [-0.15, -0.1) is 0 Å². The van der Waals surface area contributed by atoms with Crippen molar-refractivity contribution in [3.63, 3.8) is 0 Å². The second kappa shape index (κ2) is 4.57. The topological polar surface area (TPSA) is 59.4 Å². The molecule has 1 heterocycles. The van der Waals surface area contributed by atoms with Crippen molar-refractivity contribution in [1.82, 2.24) is 4.98 Å². The molecule has 0 aliphatic heterocycles. The zero-order valence-corrected chi connectivity index (χ0v) is 7.36. The smallest absolute Gasteiger partial charge is 0.329 e. The summed E-state index contributed by atoms with van der Waals surface area (Å²) < 4.78 is 4.90. The number of hydrogen-bond acceptors (Lipinski definition) is 3. The van der Waals surface area contributed by atoms with Gasteiger partial charge in [-0.05, 0) is 18.1 Å². The molecule has 0 aliphatic rings. The number of hydrogen-bond donors (Lipinski definition) is 1. The number of aliphatic carboxylic acids is 1. The Morgan fingerprint density at radius 2 is 2.38 bits per heavy atom. The predicted molar refractivity (Wildman–Crippen MR) is 46.3 cm³/mol. The van der Waals surface area contributed by atoms with Crippen molar-refractivity contribution in [2.75, 3.05) is 6.61 Å². The number of aryl methyl sites for hydroxylation is 1. The number of carboxylic acid groups (broad SMARTS) is 1. The molecule has 1 aromatic rings. The number of aromatic nitrogens is 1. The molecule has 0 aliphatic carbocycles. The Bertz CT molecular complexity index is 299. The zero-order valence-electron chi connectivity index (χ0n) is 7.36. The van der Waals surface area contributed by atoms with Crippen LogP contribution in [0.1, 0.15) is 11.1 Å². The van der Waals surface area contributed by atoms with Crippen LogP contribution in [-0.4, -0.2) is 22.7 Å². The Morgan fingerprint density at radius 3 is 3.00 bits per heavy atom. The van der Waals surface area contributed by atoms with Crippen molar-refractivity contribution in [2.45, 2.75) is 13.5 Å². The van der Waals surface area contributed by atoms with E-state index >= 15 is 0 Å². The highest BCUT2D eigenvalue weighted by atomic mass is 16.5. The van der Waals surface area contributed by atoms with E-state index in [0.29, 0.717) is 6.61 Å². The van der Waals surface area contributed by atoms with Gasteiger partial charge < -0.3 is 9.84 Å². The first kappa shape index (κ1) is 9.67. The second-order valence-corrected chi connectivity index (χ2v) is 2.76. The Hall–Kier alpha value is -1.42. The lowest BCUT2D eigenvalue weighted by Crippen LogP contribution is -2.06. The van der Waals surface area contributed by atoms with Gasteiger partial charge >= 0.3 is 5.97 Å². The van der Waals surface area contributed by atoms with Crippen LogP contribution in [0.4, 0.5) is 0 Å². The van der Waals surface area contributed by atoms with Crippen LogP contribution < -0.4 is 0 Å². The van der Waals surface area contributed by atoms with E-state index in [1.165, 1.54) is 0 Å². The minimum atomic E-state index is -0.958. The highest BCUT2D eigenvalue weighted by Crippen LogP contribution is 2.02. The van der Waals surface area contributed by atoms with Gasteiger partial charge in [-0.3, -0.25) is 4.98 Å². The molecule has 1 aromatic heterocycles. The van der Waals surface area contributed by atoms with Crippen LogP contribution in [0, 0.1) is 6.92 Å². The van der Waals surface area contributed by atoms with E-state index in [1.807, 2.05) is 13.0 Å². The summed E-state index contributed by atoms with van der Waals surface area (Å²) in [5.41, 5.74) is 1.93. The Labute approximate surface area is 76.2 Å². The molecule has 0 radical (unpaired) electrons. The van der Waals surface area contributed by atoms with Gasteiger partial charge in [-0.25, -0.2) is 4.79 Å². The lowest BCUT2D eigenvalue weighted by atomic mass is 10.2. The van der Waals surface area contributed by atoms with Crippen molar-refractivity contribution in [2.24, 2.45) is 0 Å². The van der Waals surface area contributed by atoms with E-state index in [9.17, 15) is 4.79 Å². The third-order valence-electron chi connectivity index (χ3n) is 1.43. The molecule has 0 atom stereocenters. The summed E-state index contributed by atoms with van der Waals surface area (Å²) >= 11 is 0. The number of pyridine rings is 1. The first-order chi connectivity index (χ1) is 6.18. The zero-order chi connectivity index (χ0) is 9.68. The Balaban J connectivity index is 2.41. The molecule has 4 nitrogen and oxygen atoms in total. The minimum absolute atomic E-state index is 0.270. The number of carboxylic acids is 1. The maximum Gasteiger partial charge on any atom is 0.329 e. The van der Waals surface area contributed by atoms with E-state index in [1.54, 1.807) is 12.4 Å². The normalized spacial score (nSPS) is 9.92. The van der Waals surface area contributed by atoms with Gasteiger partial charge in [-0.2, -0.15) is 0 Å². The van der Waals surface area contributed by atoms with Crippen LogP contribution in [0.25, 0.3) is 0 Å². The summed E-state index contributed by atoms with van der Waals surface area (Å²) in [5, 5.41) is 8.31. The van der Waals surface area contributed by atoms with Crippen molar-refractivity contribution >= 4 is 5.97 Å². The summed E-state index contributed by atoms with van der Waals surface area (Å²) in [6, 6.07) is 1.91. The molecule has 0 amide bonds. The fraction of sp³-hybridized carbons (Fsp3) is 0.333. The van der Waals surface area contributed by atoms with Crippen LogP contribution in [0.5, 0.6) is 0 Å². The van der Waals surface area contributed by atoms with Gasteiger partial charge in [0.05, 0.1) is 6.61 Å². The van der Waals surface area contributed by atoms with E-state index in [4.69, 9.17) is 9.84 Å². The maximum atomic E-state index is 10.1. The lowest BCUT2D eigenvalue weighted by Gasteiger charge is -2.01. The molecule has 0 saturated heterocycles. The number of carbonyl (C=O) groups is 1. The first-order valence-corrected chi connectivity index (χ1v) is 3.88. The Morgan fingerprint density at radius 1 is 1.62 bits per heavy atom. The molecule has 13 heavy (non-hydrogen) atoms. The summed E-state index contributed by atoms with van der Waals surface area (Å²) in [7, 11) is 0. The van der Waals surface area contributed by atoms with Crippen molar-refractivity contribution in [3.8, 4) is 0 Å². The van der Waals surface area contributed by atoms with Crippen LogP contribution in [-0.2, 0) is 16.1 Å².